The molecule has 30 heavy (non-hydrogen) atoms. The summed E-state index contributed by atoms with van der Waals surface area (Å²) in [7, 11) is 0. The fraction of sp³-hybridized carbons (Fsp3) is 0.741. The molecule has 3 heteroatoms. The van der Waals surface area contributed by atoms with Crippen molar-refractivity contribution in [3.05, 3.63) is 29.3 Å². The van der Waals surface area contributed by atoms with Gasteiger partial charge in [-0.1, -0.05) is 26.3 Å². The SMILES string of the molecule is C[C@@]1(C(=O)NC2C3CC4CC(C3)CC2C4)CCC[C@]2(C)c3cc(O)ccc3CC[C@@H]12. The van der Waals surface area contributed by atoms with Gasteiger partial charge in [-0.15, -0.1) is 0 Å². The van der Waals surface area contributed by atoms with Crippen LogP contribution in [0.4, 0.5) is 0 Å². The molecule has 4 bridgehead atoms. The second-order valence-corrected chi connectivity index (χ2v) is 12.1. The molecule has 2 N–H and O–H groups in total. The number of carbonyl (C=O) groups is 1. The van der Waals surface area contributed by atoms with Gasteiger partial charge in [0, 0.05) is 6.04 Å². The van der Waals surface area contributed by atoms with E-state index in [1.807, 2.05) is 12.1 Å². The average Bonchev–Trinajstić information content (AvgIpc) is 2.70. The molecule has 0 aromatic heterocycles. The molecule has 1 aromatic rings. The summed E-state index contributed by atoms with van der Waals surface area (Å²) >= 11 is 0. The number of rotatable bonds is 2. The van der Waals surface area contributed by atoms with E-state index in [0.29, 0.717) is 23.6 Å². The monoisotopic (exact) mass is 407 g/mol. The van der Waals surface area contributed by atoms with Gasteiger partial charge in [0.15, 0.2) is 0 Å². The van der Waals surface area contributed by atoms with E-state index in [0.717, 1.165) is 55.8 Å². The van der Waals surface area contributed by atoms with Crippen LogP contribution in [0.25, 0.3) is 0 Å². The summed E-state index contributed by atoms with van der Waals surface area (Å²) in [6.07, 6.45) is 12.2. The number of hydrogen-bond donors (Lipinski definition) is 2. The van der Waals surface area contributed by atoms with Crippen molar-refractivity contribution in [3.63, 3.8) is 0 Å². The molecule has 162 valence electrons. The molecular formula is C27H37NO2. The van der Waals surface area contributed by atoms with Gasteiger partial charge in [0.05, 0.1) is 5.41 Å². The summed E-state index contributed by atoms with van der Waals surface area (Å²) in [6, 6.07) is 6.34. The van der Waals surface area contributed by atoms with Gasteiger partial charge in [-0.25, -0.2) is 0 Å². The fourth-order valence-electron chi connectivity index (χ4n) is 9.20. The zero-order valence-corrected chi connectivity index (χ0v) is 18.6. The highest BCUT2D eigenvalue weighted by Gasteiger charge is 2.56. The number of phenols is 1. The summed E-state index contributed by atoms with van der Waals surface area (Å²) in [5.74, 6) is 4.39. The Morgan fingerprint density at radius 2 is 1.73 bits per heavy atom. The highest BCUT2D eigenvalue weighted by atomic mass is 16.3. The summed E-state index contributed by atoms with van der Waals surface area (Å²) < 4.78 is 0. The number of nitrogens with one attached hydrogen (secondary N) is 1. The summed E-state index contributed by atoms with van der Waals surface area (Å²) in [4.78, 5) is 13.9. The number of phenolic OH excluding ortho intramolecular Hbond substituents is 1. The zero-order chi connectivity index (χ0) is 20.7. The molecular weight excluding hydrogens is 370 g/mol. The van der Waals surface area contributed by atoms with Gasteiger partial charge >= 0.3 is 0 Å². The highest BCUT2D eigenvalue weighted by molar-refractivity contribution is 5.83. The van der Waals surface area contributed by atoms with Crippen molar-refractivity contribution in [2.45, 2.75) is 89.5 Å². The van der Waals surface area contributed by atoms with Crippen LogP contribution in [0.1, 0.15) is 82.8 Å². The normalized spacial score (nSPS) is 46.2. The topological polar surface area (TPSA) is 49.3 Å². The summed E-state index contributed by atoms with van der Waals surface area (Å²) in [5, 5.41) is 13.9. The minimum absolute atomic E-state index is 0.0132. The number of fused-ring (bicyclic) bond motifs is 3. The van der Waals surface area contributed by atoms with Crippen molar-refractivity contribution in [3.8, 4) is 5.75 Å². The van der Waals surface area contributed by atoms with Crippen LogP contribution in [0.15, 0.2) is 18.2 Å². The standard InChI is InChI=1S/C27H37NO2/c1-26-8-3-9-27(2,23(26)7-5-18-4-6-21(29)15-22(18)26)25(30)28-24-19-11-16-10-17(13-19)14-20(24)12-16/h4,6,15-17,19-20,23-24,29H,3,5,7-14H2,1-2H3,(H,28,30)/t16?,17?,19?,20?,23-,24?,26-,27-/m1/s1. The molecule has 3 atom stereocenters. The molecule has 0 aliphatic heterocycles. The smallest absolute Gasteiger partial charge is 0.226 e. The van der Waals surface area contributed by atoms with Crippen molar-refractivity contribution in [2.75, 3.05) is 0 Å². The lowest BCUT2D eigenvalue weighted by molar-refractivity contribution is -0.143. The Bertz CT molecular complexity index is 850. The number of hydrogen-bond acceptors (Lipinski definition) is 2. The first-order valence-electron chi connectivity index (χ1n) is 12.5. The fourth-order valence-corrected chi connectivity index (χ4v) is 9.20. The van der Waals surface area contributed by atoms with Crippen molar-refractivity contribution in [1.29, 1.82) is 0 Å². The lowest BCUT2D eigenvalue weighted by Crippen LogP contribution is -2.61. The molecule has 0 radical (unpaired) electrons. The first-order chi connectivity index (χ1) is 14.4. The lowest BCUT2D eigenvalue weighted by Gasteiger charge is -2.57. The van der Waals surface area contributed by atoms with Gasteiger partial charge in [-0.05, 0) is 116 Å². The predicted molar refractivity (Wildman–Crippen MR) is 118 cm³/mol. The van der Waals surface area contributed by atoms with E-state index in [1.54, 1.807) is 0 Å². The van der Waals surface area contributed by atoms with Gasteiger partial charge in [0.1, 0.15) is 5.75 Å². The van der Waals surface area contributed by atoms with E-state index in [-0.39, 0.29) is 10.8 Å². The van der Waals surface area contributed by atoms with Crippen LogP contribution in [0.3, 0.4) is 0 Å². The van der Waals surface area contributed by atoms with E-state index in [9.17, 15) is 9.90 Å². The van der Waals surface area contributed by atoms with Crippen LogP contribution in [0, 0.1) is 35.0 Å². The molecule has 0 saturated heterocycles. The van der Waals surface area contributed by atoms with E-state index >= 15 is 0 Å². The lowest BCUT2D eigenvalue weighted by atomic mass is 9.49. The molecule has 5 saturated carbocycles. The molecule has 0 unspecified atom stereocenters. The summed E-state index contributed by atoms with van der Waals surface area (Å²) in [6.45, 7) is 4.62. The molecule has 1 amide bonds. The molecule has 5 fully saturated rings. The molecule has 0 spiro atoms. The van der Waals surface area contributed by atoms with Crippen LogP contribution >= 0.6 is 0 Å². The van der Waals surface area contributed by atoms with Gasteiger partial charge in [0.2, 0.25) is 5.91 Å². The second-order valence-electron chi connectivity index (χ2n) is 12.1. The third-order valence-electron chi connectivity index (χ3n) is 10.4. The number of aromatic hydroxyl groups is 1. The van der Waals surface area contributed by atoms with Gasteiger partial charge < -0.3 is 10.4 Å². The maximum atomic E-state index is 13.9. The third-order valence-corrected chi connectivity index (χ3v) is 10.4. The number of amides is 1. The predicted octanol–water partition coefficient (Wildman–Crippen LogP) is 5.34. The van der Waals surface area contributed by atoms with Gasteiger partial charge in [0.25, 0.3) is 0 Å². The van der Waals surface area contributed by atoms with E-state index in [2.05, 4.69) is 25.2 Å². The van der Waals surface area contributed by atoms with Crippen LogP contribution in [-0.2, 0) is 16.6 Å². The quantitative estimate of drug-likeness (QED) is 0.695. The van der Waals surface area contributed by atoms with E-state index in [1.165, 1.54) is 43.2 Å². The highest BCUT2D eigenvalue weighted by Crippen LogP contribution is 2.58. The third kappa shape index (κ3) is 2.66. The molecule has 6 aliphatic carbocycles. The van der Waals surface area contributed by atoms with Crippen molar-refractivity contribution in [2.24, 2.45) is 35.0 Å². The molecule has 0 heterocycles. The van der Waals surface area contributed by atoms with Crippen molar-refractivity contribution >= 4 is 5.91 Å². The van der Waals surface area contributed by atoms with Crippen LogP contribution in [0.5, 0.6) is 5.75 Å². The van der Waals surface area contributed by atoms with Crippen LogP contribution in [0.2, 0.25) is 0 Å². The molecule has 6 aliphatic rings. The van der Waals surface area contributed by atoms with Crippen LogP contribution in [-0.4, -0.2) is 17.1 Å². The average molecular weight is 408 g/mol. The number of benzene rings is 1. The van der Waals surface area contributed by atoms with Crippen molar-refractivity contribution in [1.82, 2.24) is 5.32 Å². The number of carbonyl (C=O) groups excluding carboxylic acids is 1. The van der Waals surface area contributed by atoms with Crippen LogP contribution < -0.4 is 5.32 Å². The first-order valence-corrected chi connectivity index (χ1v) is 12.5. The Labute approximate surface area is 181 Å². The Hall–Kier alpha value is -1.51. The van der Waals surface area contributed by atoms with E-state index in [4.69, 9.17) is 0 Å². The maximum Gasteiger partial charge on any atom is 0.226 e. The summed E-state index contributed by atoms with van der Waals surface area (Å²) in [5.41, 5.74) is 2.36. The largest absolute Gasteiger partial charge is 0.508 e. The van der Waals surface area contributed by atoms with Gasteiger partial charge in [-0.3, -0.25) is 4.79 Å². The minimum atomic E-state index is -0.301. The Morgan fingerprint density at radius 1 is 1.03 bits per heavy atom. The Morgan fingerprint density at radius 3 is 2.43 bits per heavy atom. The first kappa shape index (κ1) is 19.2. The zero-order valence-electron chi connectivity index (χ0n) is 18.6. The maximum absolute atomic E-state index is 13.9. The molecule has 3 nitrogen and oxygen atoms in total. The Kier molecular flexibility index (Phi) is 4.16. The Balaban J connectivity index is 1.28. The van der Waals surface area contributed by atoms with Crippen molar-refractivity contribution < 1.29 is 9.90 Å². The number of aryl methyl sites for hydroxylation is 1. The molecule has 7 rings (SSSR count). The molecule has 1 aromatic carbocycles. The minimum Gasteiger partial charge on any atom is -0.508 e. The van der Waals surface area contributed by atoms with Gasteiger partial charge in [-0.2, -0.15) is 0 Å². The van der Waals surface area contributed by atoms with E-state index < -0.39 is 0 Å². The second kappa shape index (κ2) is 6.50.